The average molecular weight is 379 g/mol. The Balaban J connectivity index is 1.47. The number of fused-ring (bicyclic) bond motifs is 1. The maximum absolute atomic E-state index is 5.92. The highest BCUT2D eigenvalue weighted by atomic mass is 16.5. The zero-order chi connectivity index (χ0) is 19.5. The summed E-state index contributed by atoms with van der Waals surface area (Å²) in [6.45, 7) is 5.98. The SMILES string of the molecule is CCOc1cc2c(cc1CN(C)Cc1nc(-c3ccccc3)no1)OC(C)C2. The van der Waals surface area contributed by atoms with E-state index in [1.54, 1.807) is 0 Å². The van der Waals surface area contributed by atoms with Crippen LogP contribution in [0.1, 0.15) is 30.9 Å². The van der Waals surface area contributed by atoms with Crippen molar-refractivity contribution in [3.63, 3.8) is 0 Å². The van der Waals surface area contributed by atoms with Crippen LogP contribution in [0.4, 0.5) is 0 Å². The van der Waals surface area contributed by atoms with Crippen LogP contribution in [0.15, 0.2) is 47.0 Å². The molecule has 1 atom stereocenters. The number of ether oxygens (including phenoxy) is 2. The normalized spacial score (nSPS) is 15.5. The van der Waals surface area contributed by atoms with Gasteiger partial charge in [0.2, 0.25) is 11.7 Å². The van der Waals surface area contributed by atoms with Crippen LogP contribution < -0.4 is 9.47 Å². The van der Waals surface area contributed by atoms with E-state index < -0.39 is 0 Å². The Kier molecular flexibility index (Phi) is 5.30. The number of nitrogens with zero attached hydrogens (tertiary/aromatic N) is 3. The number of benzene rings is 2. The predicted octanol–water partition coefficient (Wildman–Crippen LogP) is 4.09. The molecule has 1 aromatic heterocycles. The number of aromatic nitrogens is 2. The molecule has 1 aliphatic rings. The summed E-state index contributed by atoms with van der Waals surface area (Å²) in [5.74, 6) is 3.08. The third kappa shape index (κ3) is 4.02. The van der Waals surface area contributed by atoms with Crippen molar-refractivity contribution in [3.8, 4) is 22.9 Å². The summed E-state index contributed by atoms with van der Waals surface area (Å²) in [5, 5.41) is 4.09. The lowest BCUT2D eigenvalue weighted by Crippen LogP contribution is -2.18. The summed E-state index contributed by atoms with van der Waals surface area (Å²) in [6.07, 6.45) is 1.14. The highest BCUT2D eigenvalue weighted by Crippen LogP contribution is 2.35. The van der Waals surface area contributed by atoms with E-state index in [4.69, 9.17) is 14.0 Å². The predicted molar refractivity (Wildman–Crippen MR) is 106 cm³/mol. The molecule has 3 aromatic rings. The number of hydrogen-bond acceptors (Lipinski definition) is 6. The number of hydrogen-bond donors (Lipinski definition) is 0. The van der Waals surface area contributed by atoms with Gasteiger partial charge in [0.1, 0.15) is 17.6 Å². The molecule has 6 heteroatoms. The lowest BCUT2D eigenvalue weighted by molar-refractivity contribution is 0.249. The fraction of sp³-hybridized carbons (Fsp3) is 0.364. The molecule has 146 valence electrons. The van der Waals surface area contributed by atoms with E-state index in [-0.39, 0.29) is 6.10 Å². The van der Waals surface area contributed by atoms with Crippen molar-refractivity contribution < 1.29 is 14.0 Å². The largest absolute Gasteiger partial charge is 0.494 e. The Morgan fingerprint density at radius 3 is 2.79 bits per heavy atom. The monoisotopic (exact) mass is 379 g/mol. The van der Waals surface area contributed by atoms with Gasteiger partial charge in [-0.3, -0.25) is 4.90 Å². The third-order valence-electron chi connectivity index (χ3n) is 4.72. The molecule has 4 rings (SSSR count). The summed E-state index contributed by atoms with van der Waals surface area (Å²) in [5.41, 5.74) is 3.26. The van der Waals surface area contributed by atoms with Gasteiger partial charge in [-0.05, 0) is 33.0 Å². The van der Waals surface area contributed by atoms with Gasteiger partial charge in [-0.1, -0.05) is 35.5 Å². The Labute approximate surface area is 165 Å². The Morgan fingerprint density at radius 1 is 1.18 bits per heavy atom. The number of rotatable bonds is 7. The molecule has 1 unspecified atom stereocenters. The fourth-order valence-electron chi connectivity index (χ4n) is 3.50. The first-order valence-electron chi connectivity index (χ1n) is 9.64. The maximum Gasteiger partial charge on any atom is 0.241 e. The van der Waals surface area contributed by atoms with E-state index in [0.29, 0.717) is 31.4 Å². The topological polar surface area (TPSA) is 60.6 Å². The van der Waals surface area contributed by atoms with Gasteiger partial charge >= 0.3 is 0 Å². The van der Waals surface area contributed by atoms with E-state index in [0.717, 1.165) is 29.0 Å². The zero-order valence-electron chi connectivity index (χ0n) is 16.5. The molecule has 0 saturated carbocycles. The molecule has 1 aliphatic heterocycles. The van der Waals surface area contributed by atoms with Gasteiger partial charge in [0.05, 0.1) is 13.2 Å². The fourth-order valence-corrected chi connectivity index (χ4v) is 3.50. The minimum atomic E-state index is 0.215. The third-order valence-corrected chi connectivity index (χ3v) is 4.72. The van der Waals surface area contributed by atoms with Crippen molar-refractivity contribution in [2.75, 3.05) is 13.7 Å². The van der Waals surface area contributed by atoms with Crippen molar-refractivity contribution in [1.29, 1.82) is 0 Å². The first kappa shape index (κ1) is 18.5. The molecular formula is C22H25N3O3. The second kappa shape index (κ2) is 8.02. The van der Waals surface area contributed by atoms with Gasteiger partial charge in [-0.2, -0.15) is 4.98 Å². The van der Waals surface area contributed by atoms with Gasteiger partial charge < -0.3 is 14.0 Å². The first-order valence-corrected chi connectivity index (χ1v) is 9.64. The minimum Gasteiger partial charge on any atom is -0.494 e. The standard InChI is InChI=1S/C22H25N3O3/c1-4-26-19-11-17-10-15(2)27-20(17)12-18(19)13-25(3)14-21-23-22(24-28-21)16-8-6-5-7-9-16/h5-9,11-12,15H,4,10,13-14H2,1-3H3. The van der Waals surface area contributed by atoms with Gasteiger partial charge in [-0.25, -0.2) is 0 Å². The maximum atomic E-state index is 5.92. The molecule has 0 saturated heterocycles. The summed E-state index contributed by atoms with van der Waals surface area (Å²) < 4.78 is 17.2. The Morgan fingerprint density at radius 2 is 2.00 bits per heavy atom. The first-order chi connectivity index (χ1) is 13.6. The molecule has 0 fully saturated rings. The quantitative estimate of drug-likeness (QED) is 0.616. The van der Waals surface area contributed by atoms with Crippen LogP contribution in [0.3, 0.4) is 0 Å². The van der Waals surface area contributed by atoms with Gasteiger partial charge in [-0.15, -0.1) is 0 Å². The van der Waals surface area contributed by atoms with Gasteiger partial charge in [0, 0.05) is 29.7 Å². The van der Waals surface area contributed by atoms with Crippen LogP contribution in [-0.4, -0.2) is 34.8 Å². The van der Waals surface area contributed by atoms with Crippen molar-refractivity contribution in [2.24, 2.45) is 0 Å². The molecule has 0 radical (unpaired) electrons. The lowest BCUT2D eigenvalue weighted by atomic mass is 10.1. The van der Waals surface area contributed by atoms with Gasteiger partial charge in [0.25, 0.3) is 0 Å². The van der Waals surface area contributed by atoms with E-state index in [2.05, 4.69) is 34.1 Å². The van der Waals surface area contributed by atoms with Crippen molar-refractivity contribution in [2.45, 2.75) is 39.5 Å². The highest BCUT2D eigenvalue weighted by Gasteiger charge is 2.22. The second-order valence-electron chi connectivity index (χ2n) is 7.18. The molecular weight excluding hydrogens is 354 g/mol. The molecule has 2 heterocycles. The van der Waals surface area contributed by atoms with Crippen LogP contribution >= 0.6 is 0 Å². The van der Waals surface area contributed by atoms with E-state index in [1.165, 1.54) is 5.56 Å². The summed E-state index contributed by atoms with van der Waals surface area (Å²) >= 11 is 0. The van der Waals surface area contributed by atoms with Crippen LogP contribution in [0.25, 0.3) is 11.4 Å². The highest BCUT2D eigenvalue weighted by molar-refractivity contribution is 5.53. The van der Waals surface area contributed by atoms with E-state index in [1.807, 2.05) is 44.3 Å². The molecule has 0 amide bonds. The second-order valence-corrected chi connectivity index (χ2v) is 7.18. The van der Waals surface area contributed by atoms with Crippen LogP contribution in [-0.2, 0) is 19.5 Å². The van der Waals surface area contributed by atoms with Crippen LogP contribution in [0, 0.1) is 0 Å². The molecule has 28 heavy (non-hydrogen) atoms. The van der Waals surface area contributed by atoms with Gasteiger partial charge in [0.15, 0.2) is 0 Å². The van der Waals surface area contributed by atoms with E-state index in [9.17, 15) is 0 Å². The molecule has 0 N–H and O–H groups in total. The molecule has 0 spiro atoms. The Bertz CT molecular complexity index is 939. The van der Waals surface area contributed by atoms with Crippen LogP contribution in [0.2, 0.25) is 0 Å². The smallest absolute Gasteiger partial charge is 0.241 e. The van der Waals surface area contributed by atoms with Crippen molar-refractivity contribution in [3.05, 3.63) is 59.5 Å². The average Bonchev–Trinajstić information content (AvgIpc) is 3.28. The van der Waals surface area contributed by atoms with E-state index >= 15 is 0 Å². The molecule has 0 bridgehead atoms. The summed E-state index contributed by atoms with van der Waals surface area (Å²) in [7, 11) is 2.03. The zero-order valence-corrected chi connectivity index (χ0v) is 16.5. The summed E-state index contributed by atoms with van der Waals surface area (Å²) in [4.78, 5) is 6.64. The summed E-state index contributed by atoms with van der Waals surface area (Å²) in [6, 6.07) is 14.0. The minimum absolute atomic E-state index is 0.215. The molecule has 2 aromatic carbocycles. The lowest BCUT2D eigenvalue weighted by Gasteiger charge is -2.18. The van der Waals surface area contributed by atoms with Crippen molar-refractivity contribution >= 4 is 0 Å². The van der Waals surface area contributed by atoms with Crippen LogP contribution in [0.5, 0.6) is 11.5 Å². The molecule has 6 nitrogen and oxygen atoms in total. The van der Waals surface area contributed by atoms with Crippen molar-refractivity contribution in [1.82, 2.24) is 15.0 Å². The Hall–Kier alpha value is -2.86. The molecule has 0 aliphatic carbocycles.